The SMILES string of the molecule is CCCCC(CC(C)C(C)C)C(C)CCC. The van der Waals surface area contributed by atoms with Gasteiger partial charge in [-0.05, 0) is 30.1 Å². The molecule has 0 heteroatoms. The molecule has 0 spiro atoms. The summed E-state index contributed by atoms with van der Waals surface area (Å²) in [5.74, 6) is 3.63. The molecular weight excluding hydrogens is 192 g/mol. The van der Waals surface area contributed by atoms with Gasteiger partial charge in [-0.25, -0.2) is 0 Å². The molecule has 98 valence electrons. The van der Waals surface area contributed by atoms with Crippen LogP contribution < -0.4 is 0 Å². The molecule has 0 saturated heterocycles. The van der Waals surface area contributed by atoms with Crippen LogP contribution >= 0.6 is 0 Å². The van der Waals surface area contributed by atoms with Crippen LogP contribution in [0.3, 0.4) is 0 Å². The van der Waals surface area contributed by atoms with Crippen molar-refractivity contribution in [1.29, 1.82) is 0 Å². The minimum atomic E-state index is 0.845. The van der Waals surface area contributed by atoms with Crippen molar-refractivity contribution < 1.29 is 0 Å². The predicted octanol–water partition coefficient (Wildman–Crippen LogP) is 5.91. The zero-order valence-electron chi connectivity index (χ0n) is 12.6. The Hall–Kier alpha value is 0. The molecule has 0 aromatic rings. The average Bonchev–Trinajstić information content (AvgIpc) is 2.23. The van der Waals surface area contributed by atoms with Gasteiger partial charge in [0.25, 0.3) is 0 Å². The summed E-state index contributed by atoms with van der Waals surface area (Å²) in [7, 11) is 0. The molecule has 0 aromatic carbocycles. The Kier molecular flexibility index (Phi) is 9.07. The van der Waals surface area contributed by atoms with Crippen molar-refractivity contribution in [3.8, 4) is 0 Å². The van der Waals surface area contributed by atoms with Gasteiger partial charge in [-0.1, -0.05) is 73.6 Å². The lowest BCUT2D eigenvalue weighted by Crippen LogP contribution is -2.18. The largest absolute Gasteiger partial charge is 0.0654 e. The third-order valence-corrected chi connectivity index (χ3v) is 4.29. The highest BCUT2D eigenvalue weighted by molar-refractivity contribution is 4.71. The van der Waals surface area contributed by atoms with Crippen LogP contribution in [-0.2, 0) is 0 Å². The van der Waals surface area contributed by atoms with Gasteiger partial charge in [-0.3, -0.25) is 0 Å². The molecule has 3 atom stereocenters. The summed E-state index contributed by atoms with van der Waals surface area (Å²) in [6, 6.07) is 0. The molecule has 0 fully saturated rings. The summed E-state index contributed by atoms with van der Waals surface area (Å²) in [6.45, 7) is 14.3. The number of rotatable bonds is 9. The van der Waals surface area contributed by atoms with Gasteiger partial charge in [0.15, 0.2) is 0 Å². The maximum atomic E-state index is 2.47. The molecule has 0 aliphatic rings. The van der Waals surface area contributed by atoms with E-state index in [9.17, 15) is 0 Å². The number of hydrogen-bond acceptors (Lipinski definition) is 0. The van der Waals surface area contributed by atoms with Crippen molar-refractivity contribution in [2.24, 2.45) is 23.7 Å². The van der Waals surface area contributed by atoms with Gasteiger partial charge in [0.05, 0.1) is 0 Å². The lowest BCUT2D eigenvalue weighted by Gasteiger charge is -2.28. The van der Waals surface area contributed by atoms with Gasteiger partial charge in [-0.15, -0.1) is 0 Å². The summed E-state index contributed by atoms with van der Waals surface area (Å²) in [5, 5.41) is 0. The van der Waals surface area contributed by atoms with Gasteiger partial charge in [0, 0.05) is 0 Å². The number of hydrogen-bond donors (Lipinski definition) is 0. The van der Waals surface area contributed by atoms with Crippen LogP contribution in [0.4, 0.5) is 0 Å². The van der Waals surface area contributed by atoms with E-state index in [2.05, 4.69) is 41.5 Å². The molecule has 0 amide bonds. The monoisotopic (exact) mass is 226 g/mol. The smallest absolute Gasteiger partial charge is 0.0386 e. The van der Waals surface area contributed by atoms with Crippen LogP contribution in [0.5, 0.6) is 0 Å². The molecule has 3 unspecified atom stereocenters. The fourth-order valence-corrected chi connectivity index (χ4v) is 2.54. The van der Waals surface area contributed by atoms with Crippen LogP contribution in [0.15, 0.2) is 0 Å². The van der Waals surface area contributed by atoms with E-state index in [0.717, 1.165) is 23.7 Å². The zero-order chi connectivity index (χ0) is 12.6. The van der Waals surface area contributed by atoms with Crippen molar-refractivity contribution >= 4 is 0 Å². The van der Waals surface area contributed by atoms with E-state index in [1.54, 1.807) is 0 Å². The highest BCUT2D eigenvalue weighted by Crippen LogP contribution is 2.31. The number of unbranched alkanes of at least 4 members (excludes halogenated alkanes) is 1. The van der Waals surface area contributed by atoms with E-state index in [1.807, 2.05) is 0 Å². The first-order valence-corrected chi connectivity index (χ1v) is 7.52. The molecule has 0 heterocycles. The van der Waals surface area contributed by atoms with Crippen molar-refractivity contribution in [1.82, 2.24) is 0 Å². The second kappa shape index (κ2) is 9.07. The summed E-state index contributed by atoms with van der Waals surface area (Å²) in [6.07, 6.45) is 8.43. The molecule has 0 nitrogen and oxygen atoms in total. The maximum absolute atomic E-state index is 2.47. The van der Waals surface area contributed by atoms with E-state index in [-0.39, 0.29) is 0 Å². The fraction of sp³-hybridized carbons (Fsp3) is 1.00. The first-order valence-electron chi connectivity index (χ1n) is 7.52. The third-order valence-electron chi connectivity index (χ3n) is 4.29. The summed E-state index contributed by atoms with van der Waals surface area (Å²) in [4.78, 5) is 0. The summed E-state index contributed by atoms with van der Waals surface area (Å²) < 4.78 is 0. The molecule has 0 aromatic heterocycles. The second-order valence-electron chi connectivity index (χ2n) is 6.13. The minimum absolute atomic E-state index is 0.845. The lowest BCUT2D eigenvalue weighted by molar-refractivity contribution is 0.228. The van der Waals surface area contributed by atoms with Crippen LogP contribution in [0.1, 0.15) is 80.1 Å². The zero-order valence-corrected chi connectivity index (χ0v) is 12.6. The Labute approximate surface area is 104 Å². The lowest BCUT2D eigenvalue weighted by atomic mass is 9.78. The van der Waals surface area contributed by atoms with Gasteiger partial charge in [0.2, 0.25) is 0 Å². The van der Waals surface area contributed by atoms with E-state index in [4.69, 9.17) is 0 Å². The topological polar surface area (TPSA) is 0 Å². The maximum Gasteiger partial charge on any atom is -0.0386 e. The Morgan fingerprint density at radius 3 is 1.81 bits per heavy atom. The molecule has 0 aliphatic heterocycles. The van der Waals surface area contributed by atoms with E-state index in [0.29, 0.717) is 0 Å². The molecule has 0 radical (unpaired) electrons. The predicted molar refractivity (Wildman–Crippen MR) is 75.7 cm³/mol. The van der Waals surface area contributed by atoms with E-state index >= 15 is 0 Å². The third kappa shape index (κ3) is 6.55. The standard InChI is InChI=1S/C16H34/c1-7-9-11-16(14(5)10-8-2)12-15(6)13(3)4/h13-16H,7-12H2,1-6H3. The Morgan fingerprint density at radius 1 is 0.750 bits per heavy atom. The summed E-state index contributed by atoms with van der Waals surface area (Å²) in [5.41, 5.74) is 0. The highest BCUT2D eigenvalue weighted by atomic mass is 14.3. The first-order chi connectivity index (χ1) is 7.52. The van der Waals surface area contributed by atoms with Crippen molar-refractivity contribution in [2.75, 3.05) is 0 Å². The minimum Gasteiger partial charge on any atom is -0.0654 e. The van der Waals surface area contributed by atoms with Crippen molar-refractivity contribution in [3.05, 3.63) is 0 Å². The summed E-state index contributed by atoms with van der Waals surface area (Å²) >= 11 is 0. The Balaban J connectivity index is 4.18. The molecule has 0 bridgehead atoms. The molecule has 0 N–H and O–H groups in total. The van der Waals surface area contributed by atoms with Crippen LogP contribution in [0.2, 0.25) is 0 Å². The second-order valence-corrected chi connectivity index (χ2v) is 6.13. The molecular formula is C16H34. The fourth-order valence-electron chi connectivity index (χ4n) is 2.54. The molecule has 0 saturated carbocycles. The van der Waals surface area contributed by atoms with Crippen molar-refractivity contribution in [2.45, 2.75) is 80.1 Å². The quantitative estimate of drug-likeness (QED) is 0.458. The normalized spacial score (nSPS) is 17.4. The molecule has 0 aliphatic carbocycles. The van der Waals surface area contributed by atoms with E-state index < -0.39 is 0 Å². The van der Waals surface area contributed by atoms with Gasteiger partial charge >= 0.3 is 0 Å². The molecule has 0 rings (SSSR count). The Morgan fingerprint density at radius 2 is 1.38 bits per heavy atom. The van der Waals surface area contributed by atoms with Crippen LogP contribution in [0, 0.1) is 23.7 Å². The van der Waals surface area contributed by atoms with Crippen LogP contribution in [-0.4, -0.2) is 0 Å². The van der Waals surface area contributed by atoms with Gasteiger partial charge in [0.1, 0.15) is 0 Å². The highest BCUT2D eigenvalue weighted by Gasteiger charge is 2.20. The van der Waals surface area contributed by atoms with Gasteiger partial charge in [-0.2, -0.15) is 0 Å². The van der Waals surface area contributed by atoms with Crippen LogP contribution in [0.25, 0.3) is 0 Å². The average molecular weight is 226 g/mol. The van der Waals surface area contributed by atoms with Crippen molar-refractivity contribution in [3.63, 3.8) is 0 Å². The van der Waals surface area contributed by atoms with Gasteiger partial charge < -0.3 is 0 Å². The Bertz CT molecular complexity index is 148. The van der Waals surface area contributed by atoms with E-state index in [1.165, 1.54) is 38.5 Å². The molecule has 16 heavy (non-hydrogen) atoms. The first kappa shape index (κ1) is 16.0.